The molecule has 1 rings (SSSR count). The van der Waals surface area contributed by atoms with Gasteiger partial charge in [-0.2, -0.15) is 0 Å². The van der Waals surface area contributed by atoms with E-state index in [0.29, 0.717) is 14.9 Å². The first-order chi connectivity index (χ1) is 7.06. The molecule has 1 aromatic rings. The minimum Gasteiger partial charge on any atom is -0.480 e. The first-order valence-electron chi connectivity index (χ1n) is 4.00. The van der Waals surface area contributed by atoms with Gasteiger partial charge in [-0.05, 0) is 12.1 Å². The molecule has 0 aliphatic carbocycles. The zero-order valence-electron chi connectivity index (χ0n) is 7.48. The Morgan fingerprint density at radius 3 is 2.33 bits per heavy atom. The van der Waals surface area contributed by atoms with Gasteiger partial charge < -0.3 is 10.2 Å². The largest absolute Gasteiger partial charge is 0.480 e. The summed E-state index contributed by atoms with van der Waals surface area (Å²) in [5, 5.41) is 17.4. The fourth-order valence-electron chi connectivity index (χ4n) is 0.903. The monoisotopic (exact) mass is 266 g/mol. The van der Waals surface area contributed by atoms with Crippen molar-refractivity contribution in [1.82, 2.24) is 0 Å². The Hall–Kier alpha value is -0.420. The van der Waals surface area contributed by atoms with E-state index < -0.39 is 17.8 Å². The molecule has 15 heavy (non-hydrogen) atoms. The van der Waals surface area contributed by atoms with Crippen molar-refractivity contribution >= 4 is 40.9 Å². The molecule has 0 amide bonds. The molecule has 3 nitrogen and oxygen atoms in total. The highest BCUT2D eigenvalue weighted by atomic mass is 35.5. The molecule has 0 fully saturated rings. The second-order valence-electron chi connectivity index (χ2n) is 2.68. The van der Waals surface area contributed by atoms with E-state index in [2.05, 4.69) is 0 Å². The van der Waals surface area contributed by atoms with Crippen molar-refractivity contribution < 1.29 is 15.0 Å². The first-order valence-corrected chi connectivity index (χ1v) is 5.64. The minimum absolute atomic E-state index is 0.382. The maximum absolute atomic E-state index is 10.7. The minimum atomic E-state index is -1.10. The molecule has 1 aromatic carbocycles. The summed E-state index contributed by atoms with van der Waals surface area (Å²) in [5.74, 6) is -1.10. The topological polar surface area (TPSA) is 57.5 Å². The average molecular weight is 267 g/mol. The quantitative estimate of drug-likeness (QED) is 0.823. The maximum atomic E-state index is 10.7. The number of hydrogen-bond donors (Lipinski definition) is 2. The fraction of sp³-hybridized carbons (Fsp3) is 0.222. The molecular weight excluding hydrogens is 259 g/mol. The number of rotatable bonds is 4. The predicted octanol–water partition coefficient (Wildman–Crippen LogP) is 2.53. The van der Waals surface area contributed by atoms with Gasteiger partial charge in [0.25, 0.3) is 0 Å². The van der Waals surface area contributed by atoms with Gasteiger partial charge in [0.05, 0.1) is 16.7 Å². The molecule has 2 N–H and O–H groups in total. The van der Waals surface area contributed by atoms with Gasteiger partial charge in [-0.15, -0.1) is 11.8 Å². The summed E-state index contributed by atoms with van der Waals surface area (Å²) >= 11 is 12.6. The highest BCUT2D eigenvalue weighted by Gasteiger charge is 2.20. The number of aliphatic hydroxyl groups is 1. The number of hydrogen-bond acceptors (Lipinski definition) is 3. The Balaban J connectivity index is 2.92. The molecule has 0 aliphatic rings. The summed E-state index contributed by atoms with van der Waals surface area (Å²) in [6.07, 6.45) is 0. The number of carboxylic acids is 1. The van der Waals surface area contributed by atoms with Crippen LogP contribution in [0.2, 0.25) is 10.0 Å². The van der Waals surface area contributed by atoms with Gasteiger partial charge in [-0.1, -0.05) is 29.3 Å². The summed E-state index contributed by atoms with van der Waals surface area (Å²) in [6.45, 7) is -0.471. The zero-order chi connectivity index (χ0) is 11.4. The SMILES string of the molecule is O=C(O)C(CO)Sc1c(Cl)cccc1Cl. The average Bonchev–Trinajstić information content (AvgIpc) is 2.17. The van der Waals surface area contributed by atoms with Crippen LogP contribution in [-0.4, -0.2) is 28.0 Å². The molecule has 0 aromatic heterocycles. The summed E-state index contributed by atoms with van der Waals surface area (Å²) in [4.78, 5) is 11.2. The van der Waals surface area contributed by atoms with E-state index in [9.17, 15) is 4.79 Å². The van der Waals surface area contributed by atoms with Crippen LogP contribution in [0.3, 0.4) is 0 Å². The van der Waals surface area contributed by atoms with Gasteiger partial charge >= 0.3 is 5.97 Å². The van der Waals surface area contributed by atoms with Crippen molar-refractivity contribution in [3.05, 3.63) is 28.2 Å². The first kappa shape index (κ1) is 12.6. The Morgan fingerprint density at radius 2 is 1.93 bits per heavy atom. The number of aliphatic carboxylic acids is 1. The van der Waals surface area contributed by atoms with E-state index >= 15 is 0 Å². The van der Waals surface area contributed by atoms with E-state index in [1.165, 1.54) is 0 Å². The Labute approximate surface area is 101 Å². The molecule has 0 bridgehead atoms. The molecule has 1 atom stereocenters. The lowest BCUT2D eigenvalue weighted by molar-refractivity contribution is -0.137. The van der Waals surface area contributed by atoms with Crippen LogP contribution in [0, 0.1) is 0 Å². The molecule has 0 radical (unpaired) electrons. The van der Waals surface area contributed by atoms with E-state index in [1.54, 1.807) is 18.2 Å². The lowest BCUT2D eigenvalue weighted by atomic mass is 10.4. The summed E-state index contributed by atoms with van der Waals surface area (Å²) in [6, 6.07) is 4.90. The van der Waals surface area contributed by atoms with E-state index in [4.69, 9.17) is 33.4 Å². The summed E-state index contributed by atoms with van der Waals surface area (Å²) < 4.78 is 0. The lowest BCUT2D eigenvalue weighted by Gasteiger charge is -2.11. The Kier molecular flexibility index (Phi) is 4.73. The second-order valence-corrected chi connectivity index (χ2v) is 4.71. The number of thioether (sulfide) groups is 1. The van der Waals surface area contributed by atoms with Gasteiger partial charge in [-0.3, -0.25) is 4.79 Å². The molecule has 82 valence electrons. The molecule has 0 spiro atoms. The third-order valence-corrected chi connectivity index (χ3v) is 3.79. The van der Waals surface area contributed by atoms with Crippen LogP contribution in [0.25, 0.3) is 0 Å². The van der Waals surface area contributed by atoms with Gasteiger partial charge in [-0.25, -0.2) is 0 Å². The fourth-order valence-corrected chi connectivity index (χ4v) is 2.39. The molecule has 0 heterocycles. The van der Waals surface area contributed by atoms with Crippen molar-refractivity contribution in [1.29, 1.82) is 0 Å². The predicted molar refractivity (Wildman–Crippen MR) is 60.8 cm³/mol. The molecule has 0 aliphatic heterocycles. The number of halogens is 2. The van der Waals surface area contributed by atoms with Gasteiger partial charge in [0, 0.05) is 4.90 Å². The smallest absolute Gasteiger partial charge is 0.319 e. The van der Waals surface area contributed by atoms with Gasteiger partial charge in [0.15, 0.2) is 0 Å². The van der Waals surface area contributed by atoms with Crippen LogP contribution in [0.1, 0.15) is 0 Å². The second kappa shape index (κ2) is 5.61. The van der Waals surface area contributed by atoms with E-state index in [-0.39, 0.29) is 0 Å². The van der Waals surface area contributed by atoms with Crippen molar-refractivity contribution in [2.75, 3.05) is 6.61 Å². The Bertz CT molecular complexity index is 350. The number of aliphatic hydroxyl groups excluding tert-OH is 1. The lowest BCUT2D eigenvalue weighted by Crippen LogP contribution is -2.20. The maximum Gasteiger partial charge on any atom is 0.319 e. The molecule has 6 heteroatoms. The third kappa shape index (κ3) is 3.28. The number of benzene rings is 1. The van der Waals surface area contributed by atoms with Crippen molar-refractivity contribution in [3.63, 3.8) is 0 Å². The van der Waals surface area contributed by atoms with Gasteiger partial charge in [0.2, 0.25) is 0 Å². The van der Waals surface area contributed by atoms with E-state index in [1.807, 2.05) is 0 Å². The third-order valence-electron chi connectivity index (χ3n) is 1.62. The normalized spacial score (nSPS) is 12.5. The molecular formula is C9H8Cl2O3S. The molecule has 1 unspecified atom stereocenters. The highest BCUT2D eigenvalue weighted by molar-refractivity contribution is 8.00. The van der Waals surface area contributed by atoms with Crippen LogP contribution < -0.4 is 0 Å². The number of carboxylic acid groups (broad SMARTS) is 1. The van der Waals surface area contributed by atoms with Crippen LogP contribution >= 0.6 is 35.0 Å². The number of carbonyl (C=O) groups is 1. The van der Waals surface area contributed by atoms with Crippen LogP contribution in [0.5, 0.6) is 0 Å². The standard InChI is InChI=1S/C9H8Cl2O3S/c10-5-2-1-3-6(11)8(5)15-7(4-12)9(13)14/h1-3,7,12H,4H2,(H,13,14). The summed E-state index contributed by atoms with van der Waals surface area (Å²) in [7, 11) is 0. The highest BCUT2D eigenvalue weighted by Crippen LogP contribution is 2.36. The van der Waals surface area contributed by atoms with Crippen molar-refractivity contribution in [2.24, 2.45) is 0 Å². The van der Waals surface area contributed by atoms with Crippen LogP contribution in [-0.2, 0) is 4.79 Å². The van der Waals surface area contributed by atoms with Crippen molar-refractivity contribution in [3.8, 4) is 0 Å². The summed E-state index contributed by atoms with van der Waals surface area (Å²) in [5.41, 5.74) is 0. The zero-order valence-corrected chi connectivity index (χ0v) is 9.81. The van der Waals surface area contributed by atoms with Crippen LogP contribution in [0.15, 0.2) is 23.1 Å². The molecule has 0 saturated carbocycles. The Morgan fingerprint density at radius 1 is 1.40 bits per heavy atom. The van der Waals surface area contributed by atoms with Crippen LogP contribution in [0.4, 0.5) is 0 Å². The molecule has 0 saturated heterocycles. The van der Waals surface area contributed by atoms with E-state index in [0.717, 1.165) is 11.8 Å². The van der Waals surface area contributed by atoms with Crippen molar-refractivity contribution in [2.45, 2.75) is 10.1 Å². The van der Waals surface area contributed by atoms with Gasteiger partial charge in [0.1, 0.15) is 5.25 Å².